The van der Waals surface area contributed by atoms with Crippen LogP contribution in [0.15, 0.2) is 18.2 Å². The Morgan fingerprint density at radius 3 is 2.81 bits per heavy atom. The lowest BCUT2D eigenvalue weighted by Gasteiger charge is -2.23. The minimum absolute atomic E-state index is 0.789. The fraction of sp³-hybridized carbons (Fsp3) is 0.706. The van der Waals surface area contributed by atoms with E-state index in [4.69, 9.17) is 4.98 Å². The summed E-state index contributed by atoms with van der Waals surface area (Å²) in [7, 11) is 0. The average Bonchev–Trinajstić information content (AvgIpc) is 3.16. The van der Waals surface area contributed by atoms with E-state index in [1.54, 1.807) is 0 Å². The first-order valence-electron chi connectivity index (χ1n) is 8.47. The van der Waals surface area contributed by atoms with Crippen LogP contribution < -0.4 is 5.32 Å². The Labute approximate surface area is 128 Å². The predicted octanol–water partition coefficient (Wildman–Crippen LogP) is 1.86. The average molecular weight is 288 g/mol. The molecule has 3 heterocycles. The molecular weight excluding hydrogens is 260 g/mol. The third-order valence-corrected chi connectivity index (χ3v) is 4.71. The van der Waals surface area contributed by atoms with Gasteiger partial charge in [0.25, 0.3) is 0 Å². The Hall–Kier alpha value is -0.970. The quantitative estimate of drug-likeness (QED) is 0.866. The van der Waals surface area contributed by atoms with Crippen LogP contribution in [0.1, 0.15) is 37.6 Å². The Bertz CT molecular complexity index is 442. The van der Waals surface area contributed by atoms with Crippen LogP contribution in [0, 0.1) is 0 Å². The highest BCUT2D eigenvalue weighted by Crippen LogP contribution is 2.21. The Morgan fingerprint density at radius 2 is 2.00 bits per heavy atom. The number of hydrogen-bond acceptors (Lipinski definition) is 4. The minimum atomic E-state index is 0.789. The summed E-state index contributed by atoms with van der Waals surface area (Å²) in [6.07, 6.45) is 4.12. The summed E-state index contributed by atoms with van der Waals surface area (Å²) in [5.41, 5.74) is 2.37. The third kappa shape index (κ3) is 4.02. The number of nitrogens with one attached hydrogen (secondary N) is 1. The second-order valence-corrected chi connectivity index (χ2v) is 6.32. The number of aromatic nitrogens is 1. The molecule has 0 amide bonds. The molecule has 1 atom stereocenters. The molecule has 0 spiro atoms. The first kappa shape index (κ1) is 14.9. The molecular formula is C17H28N4. The highest BCUT2D eigenvalue weighted by Gasteiger charge is 2.29. The Balaban J connectivity index is 1.52. The van der Waals surface area contributed by atoms with Crippen LogP contribution in [0.3, 0.4) is 0 Å². The zero-order chi connectivity index (χ0) is 14.5. The lowest BCUT2D eigenvalue weighted by atomic mass is 10.2. The summed E-state index contributed by atoms with van der Waals surface area (Å²) in [6.45, 7) is 10.1. The zero-order valence-electron chi connectivity index (χ0n) is 13.2. The van der Waals surface area contributed by atoms with Gasteiger partial charge in [0.2, 0.25) is 0 Å². The molecule has 3 rings (SSSR count). The van der Waals surface area contributed by atoms with Gasteiger partial charge in [0.05, 0.1) is 11.4 Å². The summed E-state index contributed by atoms with van der Waals surface area (Å²) in [5.74, 6) is 0. The summed E-state index contributed by atoms with van der Waals surface area (Å²) in [5, 5.41) is 3.35. The first-order valence-corrected chi connectivity index (χ1v) is 8.47. The third-order valence-electron chi connectivity index (χ3n) is 4.71. The van der Waals surface area contributed by atoms with Crippen LogP contribution in [0.5, 0.6) is 0 Å². The van der Waals surface area contributed by atoms with Crippen molar-refractivity contribution in [1.29, 1.82) is 0 Å². The molecule has 4 nitrogen and oxygen atoms in total. The molecule has 1 N–H and O–H groups in total. The van der Waals surface area contributed by atoms with Gasteiger partial charge in [0.15, 0.2) is 0 Å². The van der Waals surface area contributed by atoms with Crippen LogP contribution in [-0.4, -0.2) is 53.5 Å². The molecule has 2 saturated heterocycles. The van der Waals surface area contributed by atoms with E-state index in [0.717, 1.165) is 31.4 Å². The van der Waals surface area contributed by atoms with E-state index in [1.807, 2.05) is 0 Å². The number of nitrogens with zero attached hydrogens (tertiary/aromatic N) is 3. The van der Waals surface area contributed by atoms with Crippen LogP contribution in [-0.2, 0) is 13.1 Å². The van der Waals surface area contributed by atoms with E-state index >= 15 is 0 Å². The van der Waals surface area contributed by atoms with Gasteiger partial charge in [-0.05, 0) is 51.0 Å². The van der Waals surface area contributed by atoms with Gasteiger partial charge < -0.3 is 5.32 Å². The molecule has 0 aliphatic carbocycles. The summed E-state index contributed by atoms with van der Waals surface area (Å²) >= 11 is 0. The maximum atomic E-state index is 4.78. The lowest BCUT2D eigenvalue weighted by molar-refractivity contribution is 0.229. The van der Waals surface area contributed by atoms with E-state index in [1.165, 1.54) is 51.1 Å². The van der Waals surface area contributed by atoms with Gasteiger partial charge in [-0.1, -0.05) is 13.0 Å². The molecule has 2 fully saturated rings. The minimum Gasteiger partial charge on any atom is -0.311 e. The summed E-state index contributed by atoms with van der Waals surface area (Å²) in [6, 6.07) is 7.21. The largest absolute Gasteiger partial charge is 0.311 e. The Kier molecular flexibility index (Phi) is 5.22. The lowest BCUT2D eigenvalue weighted by Crippen LogP contribution is -2.35. The Morgan fingerprint density at radius 1 is 1.19 bits per heavy atom. The SMILES string of the molecule is CCNCc1cccc(CN2CCC(N3CCCC3)C2)n1. The van der Waals surface area contributed by atoms with Crippen molar-refractivity contribution in [3.63, 3.8) is 0 Å². The van der Waals surface area contributed by atoms with Crippen LogP contribution in [0.2, 0.25) is 0 Å². The van der Waals surface area contributed by atoms with E-state index < -0.39 is 0 Å². The maximum Gasteiger partial charge on any atom is 0.0547 e. The molecule has 21 heavy (non-hydrogen) atoms. The normalized spacial score (nSPS) is 24.0. The highest BCUT2D eigenvalue weighted by atomic mass is 15.3. The highest BCUT2D eigenvalue weighted by molar-refractivity contribution is 5.11. The van der Waals surface area contributed by atoms with Crippen LogP contribution >= 0.6 is 0 Å². The maximum absolute atomic E-state index is 4.78. The van der Waals surface area contributed by atoms with E-state index in [9.17, 15) is 0 Å². The second kappa shape index (κ2) is 7.34. The summed E-state index contributed by atoms with van der Waals surface area (Å²) < 4.78 is 0. The number of likely N-dealkylation sites (tertiary alicyclic amines) is 2. The number of pyridine rings is 1. The van der Waals surface area contributed by atoms with Gasteiger partial charge in [-0.2, -0.15) is 0 Å². The van der Waals surface area contributed by atoms with Gasteiger partial charge in [-0.25, -0.2) is 0 Å². The molecule has 0 saturated carbocycles. The van der Waals surface area contributed by atoms with Gasteiger partial charge in [0.1, 0.15) is 0 Å². The molecule has 1 unspecified atom stereocenters. The molecule has 116 valence electrons. The van der Waals surface area contributed by atoms with Crippen molar-refractivity contribution in [2.75, 3.05) is 32.7 Å². The van der Waals surface area contributed by atoms with Crippen LogP contribution in [0.4, 0.5) is 0 Å². The van der Waals surface area contributed by atoms with Crippen molar-refractivity contribution in [2.24, 2.45) is 0 Å². The summed E-state index contributed by atoms with van der Waals surface area (Å²) in [4.78, 5) is 10.0. The van der Waals surface area contributed by atoms with Gasteiger partial charge >= 0.3 is 0 Å². The second-order valence-electron chi connectivity index (χ2n) is 6.32. The smallest absolute Gasteiger partial charge is 0.0547 e. The molecule has 2 aliphatic heterocycles. The fourth-order valence-electron chi connectivity index (χ4n) is 3.56. The molecule has 1 aromatic heterocycles. The van der Waals surface area contributed by atoms with E-state index in [-0.39, 0.29) is 0 Å². The molecule has 1 aromatic rings. The first-order chi connectivity index (χ1) is 10.3. The van der Waals surface area contributed by atoms with Gasteiger partial charge in [0, 0.05) is 32.2 Å². The number of rotatable bonds is 6. The van der Waals surface area contributed by atoms with Crippen molar-refractivity contribution in [3.05, 3.63) is 29.6 Å². The van der Waals surface area contributed by atoms with E-state index in [0.29, 0.717) is 0 Å². The van der Waals surface area contributed by atoms with E-state index in [2.05, 4.69) is 40.2 Å². The van der Waals surface area contributed by atoms with Crippen molar-refractivity contribution < 1.29 is 0 Å². The van der Waals surface area contributed by atoms with Gasteiger partial charge in [-0.3, -0.25) is 14.8 Å². The fourth-order valence-corrected chi connectivity index (χ4v) is 3.56. The topological polar surface area (TPSA) is 31.4 Å². The van der Waals surface area contributed by atoms with Gasteiger partial charge in [-0.15, -0.1) is 0 Å². The van der Waals surface area contributed by atoms with Crippen molar-refractivity contribution in [3.8, 4) is 0 Å². The molecule has 4 heteroatoms. The zero-order valence-corrected chi connectivity index (χ0v) is 13.2. The predicted molar refractivity (Wildman–Crippen MR) is 86.1 cm³/mol. The molecule has 0 bridgehead atoms. The van der Waals surface area contributed by atoms with Crippen molar-refractivity contribution in [1.82, 2.24) is 20.1 Å². The molecule has 0 radical (unpaired) electrons. The van der Waals surface area contributed by atoms with Crippen molar-refractivity contribution in [2.45, 2.75) is 45.3 Å². The van der Waals surface area contributed by atoms with Crippen molar-refractivity contribution >= 4 is 0 Å². The standard InChI is InChI=1S/C17H28N4/c1-2-18-12-15-6-5-7-16(19-15)13-20-11-8-17(14-20)21-9-3-4-10-21/h5-7,17-18H,2-4,8-14H2,1H3. The molecule has 2 aliphatic rings. The number of hydrogen-bond donors (Lipinski definition) is 1. The van der Waals surface area contributed by atoms with Crippen LogP contribution in [0.25, 0.3) is 0 Å². The molecule has 0 aromatic carbocycles. The monoisotopic (exact) mass is 288 g/mol.